The molecule has 1 aromatic rings. The molecular weight excluding hydrogens is 166 g/mol. The van der Waals surface area contributed by atoms with Gasteiger partial charge in [0.15, 0.2) is 5.78 Å². The monoisotopic (exact) mass is 177 g/mol. The van der Waals surface area contributed by atoms with Crippen LogP contribution in [0.25, 0.3) is 0 Å². The van der Waals surface area contributed by atoms with Crippen LogP contribution >= 0.6 is 0 Å². The summed E-state index contributed by atoms with van der Waals surface area (Å²) in [6, 6.07) is 3.37. The van der Waals surface area contributed by atoms with E-state index in [2.05, 4.69) is 5.18 Å². The molecule has 0 saturated carbocycles. The third-order valence-electron chi connectivity index (χ3n) is 1.99. The minimum Gasteiger partial charge on any atom is -0.295 e. The molecule has 13 heavy (non-hydrogen) atoms. The van der Waals surface area contributed by atoms with E-state index in [1.54, 1.807) is 26.0 Å². The molecule has 0 aliphatic heterocycles. The Morgan fingerprint density at radius 1 is 1.23 bits per heavy atom. The van der Waals surface area contributed by atoms with Crippen LogP contribution in [0.2, 0.25) is 0 Å². The molecule has 0 heterocycles. The second kappa shape index (κ2) is 3.47. The summed E-state index contributed by atoms with van der Waals surface area (Å²) in [6.45, 7) is 5.05. The van der Waals surface area contributed by atoms with Gasteiger partial charge in [0.05, 0.1) is 0 Å². The third-order valence-corrected chi connectivity index (χ3v) is 1.99. The van der Waals surface area contributed by atoms with Crippen LogP contribution in [0.1, 0.15) is 28.4 Å². The number of benzene rings is 1. The van der Waals surface area contributed by atoms with Crippen molar-refractivity contribution in [2.24, 2.45) is 5.18 Å². The van der Waals surface area contributed by atoms with Crippen LogP contribution in [0.5, 0.6) is 0 Å². The van der Waals surface area contributed by atoms with Crippen molar-refractivity contribution >= 4 is 11.5 Å². The van der Waals surface area contributed by atoms with Crippen LogP contribution in [0.15, 0.2) is 17.3 Å². The molecule has 0 N–H and O–H groups in total. The first-order valence-electron chi connectivity index (χ1n) is 4.02. The summed E-state index contributed by atoms with van der Waals surface area (Å²) in [5.74, 6) is 0.00338. The summed E-state index contributed by atoms with van der Waals surface area (Å²) in [6.07, 6.45) is 0. The summed E-state index contributed by atoms with van der Waals surface area (Å²) < 4.78 is 0. The van der Waals surface area contributed by atoms with E-state index >= 15 is 0 Å². The largest absolute Gasteiger partial charge is 0.295 e. The number of hydrogen-bond acceptors (Lipinski definition) is 3. The van der Waals surface area contributed by atoms with Crippen molar-refractivity contribution in [1.29, 1.82) is 0 Å². The smallest absolute Gasteiger partial charge is 0.159 e. The fourth-order valence-corrected chi connectivity index (χ4v) is 1.30. The molecule has 0 amide bonds. The van der Waals surface area contributed by atoms with E-state index in [4.69, 9.17) is 0 Å². The number of nitroso groups, excluding NO2 is 1. The van der Waals surface area contributed by atoms with Gasteiger partial charge in [0.25, 0.3) is 0 Å². The zero-order chi connectivity index (χ0) is 10.0. The molecule has 0 radical (unpaired) electrons. The Morgan fingerprint density at radius 3 is 2.00 bits per heavy atom. The van der Waals surface area contributed by atoms with Crippen molar-refractivity contribution in [3.05, 3.63) is 33.7 Å². The maximum atomic E-state index is 11.0. The predicted octanol–water partition coefficient (Wildman–Crippen LogP) is 2.90. The van der Waals surface area contributed by atoms with E-state index < -0.39 is 0 Å². The lowest BCUT2D eigenvalue weighted by molar-refractivity contribution is 0.101. The van der Waals surface area contributed by atoms with Gasteiger partial charge in [-0.1, -0.05) is 0 Å². The first-order chi connectivity index (χ1) is 6.06. The first-order valence-corrected chi connectivity index (χ1v) is 4.02. The van der Waals surface area contributed by atoms with Crippen LogP contribution in [0.3, 0.4) is 0 Å². The minimum atomic E-state index is 0.00338. The Labute approximate surface area is 76.7 Å². The van der Waals surface area contributed by atoms with Gasteiger partial charge in [-0.3, -0.25) is 4.79 Å². The summed E-state index contributed by atoms with van der Waals surface area (Å²) >= 11 is 0. The van der Waals surface area contributed by atoms with E-state index in [-0.39, 0.29) is 5.78 Å². The number of hydrogen-bond donors (Lipinski definition) is 0. The van der Waals surface area contributed by atoms with Gasteiger partial charge in [-0.25, -0.2) is 0 Å². The Morgan fingerprint density at radius 2 is 1.69 bits per heavy atom. The van der Waals surface area contributed by atoms with Crippen LogP contribution in [0, 0.1) is 18.8 Å². The number of aryl methyl sites for hydroxylation is 2. The molecule has 0 bridgehead atoms. The molecule has 1 aromatic carbocycles. The third kappa shape index (κ3) is 1.80. The Bertz CT molecular complexity index is 346. The average molecular weight is 177 g/mol. The summed E-state index contributed by atoms with van der Waals surface area (Å²) in [5.41, 5.74) is 2.56. The lowest BCUT2D eigenvalue weighted by Gasteiger charge is -2.03. The van der Waals surface area contributed by atoms with Crippen LogP contribution in [0.4, 0.5) is 5.69 Å². The Hall–Kier alpha value is -1.51. The zero-order valence-electron chi connectivity index (χ0n) is 7.92. The van der Waals surface area contributed by atoms with Crippen molar-refractivity contribution in [2.45, 2.75) is 20.8 Å². The minimum absolute atomic E-state index is 0.00338. The van der Waals surface area contributed by atoms with E-state index in [0.29, 0.717) is 11.3 Å². The van der Waals surface area contributed by atoms with Crippen LogP contribution in [-0.2, 0) is 0 Å². The van der Waals surface area contributed by atoms with Gasteiger partial charge in [-0.2, -0.15) is 0 Å². The highest BCUT2D eigenvalue weighted by molar-refractivity contribution is 5.95. The number of carbonyl (C=O) groups is 1. The second-order valence-electron chi connectivity index (χ2n) is 3.11. The normalized spacial score (nSPS) is 9.77. The summed E-state index contributed by atoms with van der Waals surface area (Å²) in [4.78, 5) is 21.4. The van der Waals surface area contributed by atoms with Crippen molar-refractivity contribution in [1.82, 2.24) is 0 Å². The summed E-state index contributed by atoms with van der Waals surface area (Å²) in [5, 5.41) is 2.91. The van der Waals surface area contributed by atoms with Crippen molar-refractivity contribution in [2.75, 3.05) is 0 Å². The standard InChI is InChI=1S/C10H11NO2/c1-6-4-9(8(3)12)5-7(2)10(6)11-13/h4-5H,1-3H3. The highest BCUT2D eigenvalue weighted by atomic mass is 16.3. The van der Waals surface area contributed by atoms with E-state index in [9.17, 15) is 9.70 Å². The van der Waals surface area contributed by atoms with E-state index in [1.807, 2.05) is 0 Å². The molecule has 3 nitrogen and oxygen atoms in total. The molecule has 0 unspecified atom stereocenters. The van der Waals surface area contributed by atoms with Crippen molar-refractivity contribution in [3.8, 4) is 0 Å². The lowest BCUT2D eigenvalue weighted by atomic mass is 10.0. The molecular formula is C10H11NO2. The molecule has 0 fully saturated rings. The van der Waals surface area contributed by atoms with Crippen molar-refractivity contribution < 1.29 is 4.79 Å². The fourth-order valence-electron chi connectivity index (χ4n) is 1.30. The fraction of sp³-hybridized carbons (Fsp3) is 0.300. The number of rotatable bonds is 2. The molecule has 3 heteroatoms. The molecule has 0 saturated heterocycles. The molecule has 0 spiro atoms. The molecule has 0 atom stereocenters. The average Bonchev–Trinajstić information content (AvgIpc) is 2.03. The highest BCUT2D eigenvalue weighted by Gasteiger charge is 2.07. The van der Waals surface area contributed by atoms with Gasteiger partial charge in [0, 0.05) is 5.56 Å². The van der Waals surface area contributed by atoms with Crippen LogP contribution in [-0.4, -0.2) is 5.78 Å². The molecule has 0 aromatic heterocycles. The summed E-state index contributed by atoms with van der Waals surface area (Å²) in [7, 11) is 0. The molecule has 0 aliphatic rings. The maximum Gasteiger partial charge on any atom is 0.159 e. The Kier molecular flexibility index (Phi) is 2.56. The molecule has 1 rings (SSSR count). The SMILES string of the molecule is CC(=O)c1cc(C)c(N=O)c(C)c1. The maximum absolute atomic E-state index is 11.0. The topological polar surface area (TPSA) is 46.5 Å². The highest BCUT2D eigenvalue weighted by Crippen LogP contribution is 2.24. The zero-order valence-corrected chi connectivity index (χ0v) is 7.92. The number of nitrogens with zero attached hydrogens (tertiary/aromatic N) is 1. The Balaban J connectivity index is 3.36. The predicted molar refractivity (Wildman–Crippen MR) is 51.4 cm³/mol. The molecule has 0 aliphatic carbocycles. The van der Waals surface area contributed by atoms with Gasteiger partial charge >= 0.3 is 0 Å². The van der Waals surface area contributed by atoms with Gasteiger partial charge < -0.3 is 0 Å². The van der Waals surface area contributed by atoms with Crippen molar-refractivity contribution in [3.63, 3.8) is 0 Å². The van der Waals surface area contributed by atoms with E-state index in [0.717, 1.165) is 11.1 Å². The number of Topliss-reactive ketones (excluding diaryl/α,β-unsaturated/α-hetero) is 1. The number of ketones is 1. The second-order valence-corrected chi connectivity index (χ2v) is 3.11. The first kappa shape index (κ1) is 9.58. The van der Waals surface area contributed by atoms with Gasteiger partial charge in [0.2, 0.25) is 0 Å². The quantitative estimate of drug-likeness (QED) is 0.515. The van der Waals surface area contributed by atoms with Gasteiger partial charge in [-0.05, 0) is 49.2 Å². The number of carbonyl (C=O) groups excluding carboxylic acids is 1. The molecule has 68 valence electrons. The lowest BCUT2D eigenvalue weighted by Crippen LogP contribution is -1.94. The van der Waals surface area contributed by atoms with Gasteiger partial charge in [-0.15, -0.1) is 4.91 Å². The van der Waals surface area contributed by atoms with Gasteiger partial charge in [0.1, 0.15) is 5.69 Å². The van der Waals surface area contributed by atoms with E-state index in [1.165, 1.54) is 6.92 Å². The van der Waals surface area contributed by atoms with Crippen LogP contribution < -0.4 is 0 Å².